The molecular weight excluding hydrogens is 366 g/mol. The molecule has 2 amide bonds. The first-order valence-corrected chi connectivity index (χ1v) is 9.80. The van der Waals surface area contributed by atoms with Crippen molar-refractivity contribution in [2.24, 2.45) is 10.9 Å². The molecule has 7 nitrogen and oxygen atoms in total. The topological polar surface area (TPSA) is 88.1 Å². The van der Waals surface area contributed by atoms with Crippen LogP contribution in [-0.2, 0) is 19.1 Å². The van der Waals surface area contributed by atoms with Gasteiger partial charge in [0.15, 0.2) is 5.17 Å². The number of anilines is 1. The number of amides is 2. The number of amidine groups is 1. The Morgan fingerprint density at radius 2 is 2.00 bits per heavy atom. The lowest BCUT2D eigenvalue weighted by atomic mass is 9.99. The fourth-order valence-corrected chi connectivity index (χ4v) is 3.42. The number of methoxy groups -OCH3 is 1. The van der Waals surface area contributed by atoms with Crippen LogP contribution in [0.2, 0.25) is 0 Å². The normalized spacial score (nSPS) is 15.9. The number of esters is 1. The van der Waals surface area contributed by atoms with Gasteiger partial charge in [-0.1, -0.05) is 49.7 Å². The van der Waals surface area contributed by atoms with Crippen molar-refractivity contribution in [3.8, 4) is 0 Å². The lowest BCUT2D eigenvalue weighted by Crippen LogP contribution is -2.46. The number of thioether (sulfide) groups is 1. The summed E-state index contributed by atoms with van der Waals surface area (Å²) in [6.07, 6.45) is 0.732. The van der Waals surface area contributed by atoms with Crippen molar-refractivity contribution in [3.63, 3.8) is 0 Å². The van der Waals surface area contributed by atoms with Crippen LogP contribution in [0.3, 0.4) is 0 Å². The molecule has 0 fully saturated rings. The summed E-state index contributed by atoms with van der Waals surface area (Å²) in [6, 6.07) is 6.86. The molecule has 0 radical (unpaired) electrons. The lowest BCUT2D eigenvalue weighted by molar-refractivity contribution is -0.146. The summed E-state index contributed by atoms with van der Waals surface area (Å²) < 4.78 is 4.78. The van der Waals surface area contributed by atoms with E-state index in [9.17, 15) is 14.4 Å². The Hall–Kier alpha value is -2.35. The third-order valence-electron chi connectivity index (χ3n) is 4.40. The van der Waals surface area contributed by atoms with Gasteiger partial charge in [0.05, 0.1) is 18.6 Å². The van der Waals surface area contributed by atoms with Gasteiger partial charge in [0, 0.05) is 0 Å². The molecule has 0 unspecified atom stereocenters. The maximum Gasteiger partial charge on any atom is 0.328 e. The fourth-order valence-electron chi connectivity index (χ4n) is 2.58. The minimum absolute atomic E-state index is 0.0409. The van der Waals surface area contributed by atoms with Crippen LogP contribution in [0.25, 0.3) is 0 Å². The first kappa shape index (κ1) is 21.0. The maximum atomic E-state index is 12.3. The largest absolute Gasteiger partial charge is 0.467 e. The van der Waals surface area contributed by atoms with E-state index < -0.39 is 12.0 Å². The summed E-state index contributed by atoms with van der Waals surface area (Å²) >= 11 is 1.17. The van der Waals surface area contributed by atoms with Gasteiger partial charge in [-0.3, -0.25) is 19.5 Å². The van der Waals surface area contributed by atoms with E-state index in [2.05, 4.69) is 10.3 Å². The number of nitrogens with zero attached hydrogens (tertiary/aromatic N) is 2. The minimum Gasteiger partial charge on any atom is -0.467 e. The Kier molecular flexibility index (Phi) is 7.41. The van der Waals surface area contributed by atoms with Crippen LogP contribution in [-0.4, -0.2) is 48.4 Å². The van der Waals surface area contributed by atoms with Crippen LogP contribution in [0.15, 0.2) is 29.3 Å². The Morgan fingerprint density at radius 1 is 1.33 bits per heavy atom. The molecule has 0 bridgehead atoms. The summed E-state index contributed by atoms with van der Waals surface area (Å²) in [4.78, 5) is 42.2. The summed E-state index contributed by atoms with van der Waals surface area (Å²) in [6.45, 7) is 5.86. The summed E-state index contributed by atoms with van der Waals surface area (Å²) in [5, 5.41) is 3.21. The molecule has 8 heteroatoms. The Labute approximate surface area is 163 Å². The third kappa shape index (κ3) is 5.32. The first-order valence-electron chi connectivity index (χ1n) is 8.81. The van der Waals surface area contributed by atoms with E-state index in [1.54, 1.807) is 0 Å². The van der Waals surface area contributed by atoms with Gasteiger partial charge < -0.3 is 10.1 Å². The van der Waals surface area contributed by atoms with Gasteiger partial charge in [-0.15, -0.1) is 0 Å². The molecule has 1 aromatic carbocycles. The quantitative estimate of drug-likeness (QED) is 0.720. The van der Waals surface area contributed by atoms with Gasteiger partial charge in [-0.2, -0.15) is 0 Å². The molecule has 1 aliphatic heterocycles. The van der Waals surface area contributed by atoms with E-state index in [0.717, 1.165) is 17.7 Å². The number of hydrogen-bond donors (Lipinski definition) is 1. The number of ether oxygens (including phenoxy) is 1. The minimum atomic E-state index is -0.687. The molecule has 1 aromatic rings. The second-order valence-corrected chi connectivity index (χ2v) is 7.35. The lowest BCUT2D eigenvalue weighted by Gasteiger charge is -2.22. The molecule has 0 spiro atoms. The summed E-state index contributed by atoms with van der Waals surface area (Å²) in [5.41, 5.74) is 1.82. The first-order chi connectivity index (χ1) is 12.9. The second-order valence-electron chi connectivity index (χ2n) is 6.41. The average molecular weight is 391 g/mol. The monoisotopic (exact) mass is 391 g/mol. The van der Waals surface area contributed by atoms with E-state index in [1.165, 1.54) is 23.8 Å². The maximum absolute atomic E-state index is 12.3. The zero-order valence-electron chi connectivity index (χ0n) is 16.0. The SMILES string of the molecule is CC[C@H](C)[C@@H](NC(=O)CSC1=NCC(=O)N1c1ccc(C)cc1)C(=O)OC. The zero-order valence-corrected chi connectivity index (χ0v) is 16.8. The van der Waals surface area contributed by atoms with Crippen LogP contribution in [0.5, 0.6) is 0 Å². The number of carbonyl (C=O) groups excluding carboxylic acids is 3. The number of rotatable bonds is 7. The number of nitrogens with one attached hydrogen (secondary N) is 1. The standard InChI is InChI=1S/C19H25N3O4S/c1-5-13(3)17(18(25)26-4)21-15(23)11-27-19-20-10-16(24)22(19)14-8-6-12(2)7-9-14/h6-9,13,17H,5,10-11H2,1-4H3,(H,21,23)/t13-,17+/m0/s1. The van der Waals surface area contributed by atoms with Crippen molar-refractivity contribution >= 4 is 40.4 Å². The molecule has 2 atom stereocenters. The van der Waals surface area contributed by atoms with Crippen LogP contribution >= 0.6 is 11.8 Å². The number of carbonyl (C=O) groups is 3. The molecule has 2 rings (SSSR count). The highest BCUT2D eigenvalue weighted by Crippen LogP contribution is 2.24. The number of hydrogen-bond acceptors (Lipinski definition) is 6. The number of aliphatic imine (C=N–C) groups is 1. The van der Waals surface area contributed by atoms with Crippen molar-refractivity contribution in [1.82, 2.24) is 5.32 Å². The third-order valence-corrected chi connectivity index (χ3v) is 5.38. The molecule has 0 saturated carbocycles. The fraction of sp³-hybridized carbons (Fsp3) is 0.474. The van der Waals surface area contributed by atoms with Gasteiger partial charge in [0.2, 0.25) is 5.91 Å². The molecule has 1 aliphatic rings. The molecule has 1 heterocycles. The average Bonchev–Trinajstić information content (AvgIpc) is 3.04. The molecule has 0 saturated heterocycles. The highest BCUT2D eigenvalue weighted by molar-refractivity contribution is 8.14. The van der Waals surface area contributed by atoms with E-state index in [4.69, 9.17) is 4.74 Å². The van der Waals surface area contributed by atoms with Crippen molar-refractivity contribution in [1.29, 1.82) is 0 Å². The van der Waals surface area contributed by atoms with Gasteiger partial charge in [0.1, 0.15) is 12.6 Å². The highest BCUT2D eigenvalue weighted by atomic mass is 32.2. The summed E-state index contributed by atoms with van der Waals surface area (Å²) in [5.74, 6) is -0.882. The second kappa shape index (κ2) is 9.55. The summed E-state index contributed by atoms with van der Waals surface area (Å²) in [7, 11) is 1.30. The van der Waals surface area contributed by atoms with E-state index in [1.807, 2.05) is 45.0 Å². The Morgan fingerprint density at radius 3 is 2.59 bits per heavy atom. The van der Waals surface area contributed by atoms with Crippen LogP contribution in [0.1, 0.15) is 25.8 Å². The van der Waals surface area contributed by atoms with Crippen molar-refractivity contribution in [2.75, 3.05) is 24.3 Å². The molecule has 146 valence electrons. The van der Waals surface area contributed by atoms with Gasteiger partial charge in [0.25, 0.3) is 5.91 Å². The predicted molar refractivity (Wildman–Crippen MR) is 107 cm³/mol. The van der Waals surface area contributed by atoms with Gasteiger partial charge in [-0.05, 0) is 25.0 Å². The van der Waals surface area contributed by atoms with E-state index in [0.29, 0.717) is 5.17 Å². The van der Waals surface area contributed by atoms with Crippen molar-refractivity contribution < 1.29 is 19.1 Å². The zero-order chi connectivity index (χ0) is 20.0. The Bertz CT molecular complexity index is 733. The van der Waals surface area contributed by atoms with Crippen molar-refractivity contribution in [2.45, 2.75) is 33.2 Å². The number of benzene rings is 1. The van der Waals surface area contributed by atoms with Crippen LogP contribution in [0, 0.1) is 12.8 Å². The molecule has 0 aliphatic carbocycles. The van der Waals surface area contributed by atoms with Gasteiger partial charge >= 0.3 is 5.97 Å². The number of aryl methyl sites for hydroxylation is 1. The predicted octanol–water partition coefficient (Wildman–Crippen LogP) is 2.13. The Balaban J connectivity index is 1.99. The molecule has 27 heavy (non-hydrogen) atoms. The van der Waals surface area contributed by atoms with Gasteiger partial charge in [-0.25, -0.2) is 4.79 Å². The molecular formula is C19H25N3O4S. The smallest absolute Gasteiger partial charge is 0.328 e. The van der Waals surface area contributed by atoms with Crippen LogP contribution in [0.4, 0.5) is 5.69 Å². The van der Waals surface area contributed by atoms with Crippen LogP contribution < -0.4 is 10.2 Å². The molecule has 0 aromatic heterocycles. The molecule has 1 N–H and O–H groups in total. The van der Waals surface area contributed by atoms with Crippen molar-refractivity contribution in [3.05, 3.63) is 29.8 Å². The highest BCUT2D eigenvalue weighted by Gasteiger charge is 2.30. The van der Waals surface area contributed by atoms with E-state index >= 15 is 0 Å². The van der Waals surface area contributed by atoms with E-state index in [-0.39, 0.29) is 30.0 Å².